The van der Waals surface area contributed by atoms with Crippen LogP contribution in [-0.4, -0.2) is 35.1 Å². The summed E-state index contributed by atoms with van der Waals surface area (Å²) in [5.74, 6) is 1.53. The Labute approximate surface area is 172 Å². The molecule has 2 amide bonds. The highest BCUT2D eigenvalue weighted by atomic mass is 32.2. The van der Waals surface area contributed by atoms with Crippen molar-refractivity contribution in [1.29, 1.82) is 0 Å². The summed E-state index contributed by atoms with van der Waals surface area (Å²) >= 11 is 1.74. The number of aryl methyl sites for hydroxylation is 1. The molecule has 0 saturated carbocycles. The number of amides is 2. The summed E-state index contributed by atoms with van der Waals surface area (Å²) in [6, 6.07) is 17.8. The number of rotatable bonds is 10. The fraction of sp³-hybridized carbons (Fsp3) is 0.391. The van der Waals surface area contributed by atoms with E-state index in [2.05, 4.69) is 23.5 Å². The number of likely N-dealkylation sites (N-methyl/N-ethyl adjacent to an activating group) is 1. The van der Waals surface area contributed by atoms with E-state index in [1.807, 2.05) is 50.2 Å². The summed E-state index contributed by atoms with van der Waals surface area (Å²) in [6.45, 7) is 6.72. The Morgan fingerprint density at radius 3 is 2.46 bits per heavy atom. The van der Waals surface area contributed by atoms with Crippen molar-refractivity contribution in [2.24, 2.45) is 0 Å². The third kappa shape index (κ3) is 7.04. The largest absolute Gasteiger partial charge is 0.355 e. The number of hydrogen-bond acceptors (Lipinski definition) is 3. The molecule has 2 aromatic carbocycles. The lowest BCUT2D eigenvalue weighted by molar-refractivity contribution is -0.140. The lowest BCUT2D eigenvalue weighted by atomic mass is 10.1. The molecule has 2 rings (SSSR count). The zero-order valence-electron chi connectivity index (χ0n) is 17.0. The van der Waals surface area contributed by atoms with Crippen LogP contribution >= 0.6 is 11.8 Å². The standard InChI is InChI=1S/C23H30N2O2S/c1-4-24-23(27)19(3)25(16-21-12-8-9-18(2)15-21)22(26)13-14-28-17-20-10-6-5-7-11-20/h5-12,15,19H,4,13-14,16-17H2,1-3H3,(H,24,27)/t19-/m1/s1. The van der Waals surface area contributed by atoms with Crippen molar-refractivity contribution in [3.8, 4) is 0 Å². The first kappa shape index (κ1) is 22.0. The molecular formula is C23H30N2O2S. The van der Waals surface area contributed by atoms with Gasteiger partial charge in [0.1, 0.15) is 6.04 Å². The van der Waals surface area contributed by atoms with Gasteiger partial charge in [0.15, 0.2) is 0 Å². The Morgan fingerprint density at radius 1 is 1.07 bits per heavy atom. The predicted octanol–water partition coefficient (Wildman–Crippen LogP) is 4.17. The topological polar surface area (TPSA) is 49.4 Å². The minimum atomic E-state index is -0.493. The van der Waals surface area contributed by atoms with E-state index in [4.69, 9.17) is 0 Å². The maximum absolute atomic E-state index is 12.9. The summed E-state index contributed by atoms with van der Waals surface area (Å²) in [5, 5.41) is 2.83. The molecule has 0 unspecified atom stereocenters. The molecule has 150 valence electrons. The summed E-state index contributed by atoms with van der Waals surface area (Å²) < 4.78 is 0. The van der Waals surface area contributed by atoms with Gasteiger partial charge in [-0.2, -0.15) is 11.8 Å². The van der Waals surface area contributed by atoms with Crippen LogP contribution in [0.5, 0.6) is 0 Å². The van der Waals surface area contributed by atoms with Gasteiger partial charge in [0, 0.05) is 31.0 Å². The average Bonchev–Trinajstić information content (AvgIpc) is 2.70. The fourth-order valence-corrected chi connectivity index (χ4v) is 3.87. The molecule has 4 nitrogen and oxygen atoms in total. The number of thioether (sulfide) groups is 1. The van der Waals surface area contributed by atoms with E-state index in [9.17, 15) is 9.59 Å². The number of hydrogen-bond donors (Lipinski definition) is 1. The second-order valence-corrected chi connectivity index (χ2v) is 7.97. The summed E-state index contributed by atoms with van der Waals surface area (Å²) in [4.78, 5) is 27.0. The number of carbonyl (C=O) groups excluding carboxylic acids is 2. The van der Waals surface area contributed by atoms with Gasteiger partial charge in [0.05, 0.1) is 0 Å². The zero-order chi connectivity index (χ0) is 20.4. The normalized spacial score (nSPS) is 11.7. The van der Waals surface area contributed by atoms with Crippen LogP contribution in [0.3, 0.4) is 0 Å². The van der Waals surface area contributed by atoms with Gasteiger partial charge in [-0.1, -0.05) is 60.2 Å². The molecule has 0 radical (unpaired) electrons. The lowest BCUT2D eigenvalue weighted by Crippen LogP contribution is -2.47. The van der Waals surface area contributed by atoms with Crippen molar-refractivity contribution in [2.45, 2.75) is 45.5 Å². The van der Waals surface area contributed by atoms with E-state index < -0.39 is 6.04 Å². The molecule has 2 aromatic rings. The van der Waals surface area contributed by atoms with Gasteiger partial charge in [0.25, 0.3) is 0 Å². The van der Waals surface area contributed by atoms with Crippen molar-refractivity contribution in [3.63, 3.8) is 0 Å². The van der Waals surface area contributed by atoms with Crippen LogP contribution < -0.4 is 5.32 Å². The third-order valence-corrected chi connectivity index (χ3v) is 5.56. The molecule has 5 heteroatoms. The van der Waals surface area contributed by atoms with Crippen molar-refractivity contribution < 1.29 is 9.59 Å². The minimum absolute atomic E-state index is 0.0146. The van der Waals surface area contributed by atoms with Gasteiger partial charge >= 0.3 is 0 Å². The first-order valence-corrected chi connectivity index (χ1v) is 10.9. The van der Waals surface area contributed by atoms with Gasteiger partial charge in [-0.25, -0.2) is 0 Å². The molecule has 0 aliphatic heterocycles. The van der Waals surface area contributed by atoms with E-state index in [1.165, 1.54) is 5.56 Å². The molecule has 0 aromatic heterocycles. The lowest BCUT2D eigenvalue weighted by Gasteiger charge is -2.29. The monoisotopic (exact) mass is 398 g/mol. The Bertz CT molecular complexity index is 764. The molecule has 0 aliphatic rings. The van der Waals surface area contributed by atoms with E-state index in [0.29, 0.717) is 19.5 Å². The van der Waals surface area contributed by atoms with Crippen LogP contribution in [0.2, 0.25) is 0 Å². The molecule has 0 saturated heterocycles. The highest BCUT2D eigenvalue weighted by molar-refractivity contribution is 7.98. The van der Waals surface area contributed by atoms with Crippen molar-refractivity contribution in [3.05, 3.63) is 71.3 Å². The smallest absolute Gasteiger partial charge is 0.242 e. The SMILES string of the molecule is CCNC(=O)[C@@H](C)N(Cc1cccc(C)c1)C(=O)CCSCc1ccccc1. The van der Waals surface area contributed by atoms with E-state index >= 15 is 0 Å². The molecule has 1 atom stereocenters. The van der Waals surface area contributed by atoms with Crippen LogP contribution in [0, 0.1) is 6.92 Å². The second-order valence-electron chi connectivity index (χ2n) is 6.87. The molecule has 0 bridgehead atoms. The van der Waals surface area contributed by atoms with Gasteiger partial charge in [-0.3, -0.25) is 9.59 Å². The highest BCUT2D eigenvalue weighted by Gasteiger charge is 2.25. The summed E-state index contributed by atoms with van der Waals surface area (Å²) in [5.41, 5.74) is 3.45. The molecule has 28 heavy (non-hydrogen) atoms. The van der Waals surface area contributed by atoms with Crippen molar-refractivity contribution in [2.75, 3.05) is 12.3 Å². The van der Waals surface area contributed by atoms with Crippen LogP contribution in [0.1, 0.15) is 37.0 Å². The maximum atomic E-state index is 12.9. The maximum Gasteiger partial charge on any atom is 0.242 e. The summed E-state index contributed by atoms with van der Waals surface area (Å²) in [7, 11) is 0. The highest BCUT2D eigenvalue weighted by Crippen LogP contribution is 2.16. The Hall–Kier alpha value is -2.27. The Morgan fingerprint density at radius 2 is 1.79 bits per heavy atom. The number of nitrogens with zero attached hydrogens (tertiary/aromatic N) is 1. The van der Waals surface area contributed by atoms with Crippen LogP contribution in [-0.2, 0) is 21.9 Å². The van der Waals surface area contributed by atoms with Crippen LogP contribution in [0.15, 0.2) is 54.6 Å². The fourth-order valence-electron chi connectivity index (χ4n) is 2.98. The molecule has 0 heterocycles. The van der Waals surface area contributed by atoms with Gasteiger partial charge < -0.3 is 10.2 Å². The third-order valence-electron chi connectivity index (χ3n) is 4.53. The molecule has 0 aliphatic carbocycles. The quantitative estimate of drug-likeness (QED) is 0.611. The van der Waals surface area contributed by atoms with Crippen molar-refractivity contribution >= 4 is 23.6 Å². The van der Waals surface area contributed by atoms with Gasteiger partial charge in [0.2, 0.25) is 11.8 Å². The molecular weight excluding hydrogens is 368 g/mol. The number of benzene rings is 2. The number of nitrogens with one attached hydrogen (secondary N) is 1. The molecule has 0 spiro atoms. The minimum Gasteiger partial charge on any atom is -0.355 e. The summed E-state index contributed by atoms with van der Waals surface area (Å²) in [6.07, 6.45) is 0.424. The molecule has 1 N–H and O–H groups in total. The van der Waals surface area contributed by atoms with E-state index in [-0.39, 0.29) is 11.8 Å². The predicted molar refractivity (Wildman–Crippen MR) is 117 cm³/mol. The average molecular weight is 399 g/mol. The first-order chi connectivity index (χ1) is 13.5. The van der Waals surface area contributed by atoms with Gasteiger partial charge in [-0.15, -0.1) is 0 Å². The Balaban J connectivity index is 1.98. The molecule has 0 fully saturated rings. The zero-order valence-corrected chi connectivity index (χ0v) is 17.8. The van der Waals surface area contributed by atoms with Crippen LogP contribution in [0.4, 0.5) is 0 Å². The van der Waals surface area contributed by atoms with Gasteiger partial charge in [-0.05, 0) is 31.9 Å². The second kappa shape index (κ2) is 11.5. The Kier molecular flexibility index (Phi) is 9.08. The van der Waals surface area contributed by atoms with Crippen LogP contribution in [0.25, 0.3) is 0 Å². The van der Waals surface area contributed by atoms with Crippen molar-refractivity contribution in [1.82, 2.24) is 10.2 Å². The van der Waals surface area contributed by atoms with E-state index in [1.54, 1.807) is 23.6 Å². The van der Waals surface area contributed by atoms with E-state index in [0.717, 1.165) is 22.6 Å². The first-order valence-electron chi connectivity index (χ1n) is 9.75. The number of carbonyl (C=O) groups is 2.